The summed E-state index contributed by atoms with van der Waals surface area (Å²) < 4.78 is 5.20. The Kier molecular flexibility index (Phi) is 9.43. The number of carbonyl (C=O) groups is 2. The Morgan fingerprint density at radius 2 is 1.84 bits per heavy atom. The van der Waals surface area contributed by atoms with Crippen LogP contribution in [0, 0.1) is 5.92 Å². The van der Waals surface area contributed by atoms with Gasteiger partial charge in [0.15, 0.2) is 0 Å². The molecule has 0 bridgehead atoms. The van der Waals surface area contributed by atoms with Gasteiger partial charge in [0.05, 0.1) is 5.60 Å². The maximum absolute atomic E-state index is 12.2. The minimum Gasteiger partial charge on any atom is -0.388 e. The third kappa shape index (κ3) is 7.32. The van der Waals surface area contributed by atoms with Crippen LogP contribution in [-0.4, -0.2) is 60.3 Å². The largest absolute Gasteiger partial charge is 0.388 e. The molecule has 0 aromatic heterocycles. The number of piperidine rings is 1. The molecule has 1 aliphatic rings. The highest BCUT2D eigenvalue weighted by Gasteiger charge is 2.34. The van der Waals surface area contributed by atoms with E-state index in [0.717, 1.165) is 19.3 Å². The molecule has 1 atom stereocenters. The summed E-state index contributed by atoms with van der Waals surface area (Å²) in [6.45, 7) is 7.31. The lowest BCUT2D eigenvalue weighted by molar-refractivity contribution is -0.139. The molecular weight excluding hydrogens is 320 g/mol. The summed E-state index contributed by atoms with van der Waals surface area (Å²) in [7, 11) is 1.52. The van der Waals surface area contributed by atoms with Gasteiger partial charge in [0, 0.05) is 33.2 Å². The third-order valence-corrected chi connectivity index (χ3v) is 5.00. The lowest BCUT2D eigenvalue weighted by atomic mass is 9.91. The van der Waals surface area contributed by atoms with E-state index in [1.54, 1.807) is 0 Å². The van der Waals surface area contributed by atoms with Crippen molar-refractivity contribution in [3.8, 4) is 0 Å². The first-order valence-corrected chi connectivity index (χ1v) is 9.63. The summed E-state index contributed by atoms with van der Waals surface area (Å²) in [4.78, 5) is 26.2. The van der Waals surface area contributed by atoms with Gasteiger partial charge in [-0.15, -0.1) is 0 Å². The molecule has 1 aliphatic heterocycles. The molecule has 0 aromatic carbocycles. The topological polar surface area (TPSA) is 78.9 Å². The molecule has 1 saturated heterocycles. The van der Waals surface area contributed by atoms with Crippen LogP contribution in [0.4, 0.5) is 0 Å². The molecule has 1 heterocycles. The maximum atomic E-state index is 12.2. The first-order chi connectivity index (χ1) is 11.8. The fourth-order valence-electron chi connectivity index (χ4n) is 3.24. The molecule has 1 unspecified atom stereocenters. The number of aliphatic hydroxyl groups is 1. The SMILES string of the molecule is CCCCCCC(=O)N1CCC(O)(CNC(=O)C(OC)C(C)C)CC1. The lowest BCUT2D eigenvalue weighted by Crippen LogP contribution is -2.53. The molecule has 2 amide bonds. The number of methoxy groups -OCH3 is 1. The number of ether oxygens (including phenoxy) is 1. The Hall–Kier alpha value is -1.14. The zero-order valence-corrected chi connectivity index (χ0v) is 16.3. The molecule has 1 rings (SSSR count). The van der Waals surface area contributed by atoms with Crippen molar-refractivity contribution in [3.05, 3.63) is 0 Å². The van der Waals surface area contributed by atoms with Crippen LogP contribution in [0.1, 0.15) is 65.7 Å². The summed E-state index contributed by atoms with van der Waals surface area (Å²) in [6.07, 6.45) is 5.45. The van der Waals surface area contributed by atoms with Gasteiger partial charge < -0.3 is 20.1 Å². The minimum absolute atomic E-state index is 0.0758. The van der Waals surface area contributed by atoms with E-state index in [0.29, 0.717) is 32.4 Å². The van der Waals surface area contributed by atoms with Gasteiger partial charge in [-0.2, -0.15) is 0 Å². The normalized spacial score (nSPS) is 18.2. The van der Waals surface area contributed by atoms with Gasteiger partial charge in [0.1, 0.15) is 6.10 Å². The smallest absolute Gasteiger partial charge is 0.249 e. The second kappa shape index (κ2) is 10.8. The number of amides is 2. The molecule has 6 heteroatoms. The second-order valence-electron chi connectivity index (χ2n) is 7.53. The maximum Gasteiger partial charge on any atom is 0.249 e. The first kappa shape index (κ1) is 21.9. The number of unbranched alkanes of at least 4 members (excludes halogenated alkanes) is 3. The molecule has 0 aliphatic carbocycles. The Morgan fingerprint density at radius 3 is 2.36 bits per heavy atom. The Bertz CT molecular complexity index is 418. The molecule has 0 aromatic rings. The highest BCUT2D eigenvalue weighted by Crippen LogP contribution is 2.22. The summed E-state index contributed by atoms with van der Waals surface area (Å²) >= 11 is 0. The lowest BCUT2D eigenvalue weighted by Gasteiger charge is -2.38. The van der Waals surface area contributed by atoms with Crippen molar-refractivity contribution >= 4 is 11.8 Å². The molecule has 6 nitrogen and oxygen atoms in total. The number of carbonyl (C=O) groups excluding carboxylic acids is 2. The number of nitrogens with one attached hydrogen (secondary N) is 1. The van der Waals surface area contributed by atoms with E-state index in [1.165, 1.54) is 13.5 Å². The number of nitrogens with zero attached hydrogens (tertiary/aromatic N) is 1. The van der Waals surface area contributed by atoms with E-state index >= 15 is 0 Å². The van der Waals surface area contributed by atoms with E-state index in [2.05, 4.69) is 12.2 Å². The van der Waals surface area contributed by atoms with Crippen molar-refractivity contribution in [2.24, 2.45) is 5.92 Å². The van der Waals surface area contributed by atoms with Crippen LogP contribution in [0.15, 0.2) is 0 Å². The van der Waals surface area contributed by atoms with Gasteiger partial charge in [0.2, 0.25) is 11.8 Å². The van der Waals surface area contributed by atoms with Gasteiger partial charge in [-0.25, -0.2) is 0 Å². The van der Waals surface area contributed by atoms with Gasteiger partial charge in [-0.1, -0.05) is 40.0 Å². The van der Waals surface area contributed by atoms with Crippen LogP contribution in [0.3, 0.4) is 0 Å². The van der Waals surface area contributed by atoms with Crippen molar-refractivity contribution < 1.29 is 19.4 Å². The van der Waals surface area contributed by atoms with Crippen molar-refractivity contribution in [2.75, 3.05) is 26.7 Å². The highest BCUT2D eigenvalue weighted by atomic mass is 16.5. The quantitative estimate of drug-likeness (QED) is 0.588. The summed E-state index contributed by atoms with van der Waals surface area (Å²) in [6, 6.07) is 0. The Labute approximate surface area is 152 Å². The molecule has 0 saturated carbocycles. The van der Waals surface area contributed by atoms with Gasteiger partial charge in [-0.05, 0) is 25.2 Å². The van der Waals surface area contributed by atoms with Crippen molar-refractivity contribution in [2.45, 2.75) is 77.4 Å². The molecular formula is C19H36N2O4. The Morgan fingerprint density at radius 1 is 1.20 bits per heavy atom. The van der Waals surface area contributed by atoms with Crippen LogP contribution in [0.2, 0.25) is 0 Å². The molecule has 1 fully saturated rings. The van der Waals surface area contributed by atoms with E-state index < -0.39 is 11.7 Å². The molecule has 146 valence electrons. The minimum atomic E-state index is -0.941. The zero-order valence-electron chi connectivity index (χ0n) is 16.3. The van der Waals surface area contributed by atoms with Crippen molar-refractivity contribution in [3.63, 3.8) is 0 Å². The van der Waals surface area contributed by atoms with Gasteiger partial charge >= 0.3 is 0 Å². The number of rotatable bonds is 10. The van der Waals surface area contributed by atoms with Crippen LogP contribution in [0.5, 0.6) is 0 Å². The average molecular weight is 357 g/mol. The fourth-order valence-corrected chi connectivity index (χ4v) is 3.24. The molecule has 2 N–H and O–H groups in total. The number of likely N-dealkylation sites (tertiary alicyclic amines) is 1. The monoisotopic (exact) mass is 356 g/mol. The predicted octanol–water partition coefficient (Wildman–Crippen LogP) is 2.10. The van der Waals surface area contributed by atoms with Gasteiger partial charge in [0.25, 0.3) is 0 Å². The van der Waals surface area contributed by atoms with Crippen molar-refractivity contribution in [1.82, 2.24) is 10.2 Å². The molecule has 0 radical (unpaired) electrons. The predicted molar refractivity (Wildman–Crippen MR) is 98.2 cm³/mol. The molecule has 25 heavy (non-hydrogen) atoms. The van der Waals surface area contributed by atoms with Crippen LogP contribution >= 0.6 is 0 Å². The fraction of sp³-hybridized carbons (Fsp3) is 0.895. The summed E-state index contributed by atoms with van der Waals surface area (Å²) in [5, 5.41) is 13.5. The van der Waals surface area contributed by atoms with Gasteiger partial charge in [-0.3, -0.25) is 9.59 Å². The average Bonchev–Trinajstić information content (AvgIpc) is 2.58. The van der Waals surface area contributed by atoms with E-state index in [9.17, 15) is 14.7 Å². The van der Waals surface area contributed by atoms with Crippen LogP contribution in [-0.2, 0) is 14.3 Å². The van der Waals surface area contributed by atoms with Crippen LogP contribution < -0.4 is 5.32 Å². The van der Waals surface area contributed by atoms with Crippen LogP contribution in [0.25, 0.3) is 0 Å². The molecule has 0 spiro atoms. The van der Waals surface area contributed by atoms with Crippen molar-refractivity contribution in [1.29, 1.82) is 0 Å². The van der Waals surface area contributed by atoms with E-state index in [4.69, 9.17) is 4.74 Å². The standard InChI is InChI=1S/C19H36N2O4/c1-5-6-7-8-9-16(22)21-12-10-19(24,11-13-21)14-20-18(23)17(25-4)15(2)3/h15,17,24H,5-14H2,1-4H3,(H,20,23). The number of hydrogen-bond acceptors (Lipinski definition) is 4. The second-order valence-corrected chi connectivity index (χ2v) is 7.53. The van der Waals surface area contributed by atoms with E-state index in [1.807, 2.05) is 18.7 Å². The van der Waals surface area contributed by atoms with E-state index in [-0.39, 0.29) is 24.3 Å². The third-order valence-electron chi connectivity index (χ3n) is 5.00. The summed E-state index contributed by atoms with van der Waals surface area (Å²) in [5.41, 5.74) is -0.941. The summed E-state index contributed by atoms with van der Waals surface area (Å²) in [5.74, 6) is 0.0635. The Balaban J connectivity index is 2.36. The highest BCUT2D eigenvalue weighted by molar-refractivity contribution is 5.81. The zero-order chi connectivity index (χ0) is 18.9. The number of hydrogen-bond donors (Lipinski definition) is 2. The first-order valence-electron chi connectivity index (χ1n) is 9.63.